The number of aromatic hydroxyl groups is 1. The minimum Gasteiger partial charge on any atom is -0.665 e. The summed E-state index contributed by atoms with van der Waals surface area (Å²) in [5, 5.41) is 15.6. The van der Waals surface area contributed by atoms with E-state index in [-0.39, 0.29) is 16.6 Å². The van der Waals surface area contributed by atoms with Gasteiger partial charge in [0.1, 0.15) is 5.75 Å². The standard InChI is InChI=1S/C24H20Br2O.C12H17N.C10H12.C6H8N.C2H6OSi.Mo/c1-24(2,3)22-18(25)12-14-8-4-6-10-16(14)20(22)21-17-11-7-5-9-15(17)13-19(26)23(21)27;1-8(2)10-6-5-7-11(9(3)4)12(10)13;1-10(2,3)9-7-5-4-6-8-9;1-5-3-4-6(2)7-5;1-4(2)3;/h4-13,27H,1-3H3;5-9H,1-4H3;1,4-8H,2-3H3;3-4H,1-2H3;1-2H3;/q;;;-1;;. The van der Waals surface area contributed by atoms with E-state index in [0.29, 0.717) is 16.3 Å². The van der Waals surface area contributed by atoms with Gasteiger partial charge in [-0.25, -0.2) is 0 Å². The monoisotopic (exact) mass is 1060 g/mol. The number of nitrogens with zero attached hydrogens (tertiary/aromatic N) is 2. The van der Waals surface area contributed by atoms with Gasteiger partial charge in [-0.15, -0.1) is 0 Å². The van der Waals surface area contributed by atoms with Crippen molar-refractivity contribution >= 4 is 72.2 Å². The van der Waals surface area contributed by atoms with Crippen LogP contribution in [0.15, 0.2) is 134 Å². The Morgan fingerprint density at radius 1 is 0.661 bits per heavy atom. The van der Waals surface area contributed by atoms with Gasteiger partial charge in [-0.3, -0.25) is 0 Å². The fraction of sp³-hybridized carbons (Fsp3) is 0.315. The Kier molecular flexibility index (Phi) is 18.7. The molecule has 7 aromatic rings. The summed E-state index contributed by atoms with van der Waals surface area (Å²) in [7, 11) is -1.13. The predicted octanol–water partition coefficient (Wildman–Crippen LogP) is 16.7. The van der Waals surface area contributed by atoms with E-state index >= 15 is 0 Å². The zero-order valence-corrected chi connectivity index (χ0v) is 44.9. The smallest absolute Gasteiger partial charge is 0.270 e. The fourth-order valence-corrected chi connectivity index (χ4v) is 10.6. The van der Waals surface area contributed by atoms with E-state index in [1.54, 1.807) is 13.1 Å². The number of phenols is 1. The number of fused-ring (bicyclic) bond motifs is 2. The van der Waals surface area contributed by atoms with Gasteiger partial charge >= 0.3 is 156 Å². The first-order chi connectivity index (χ1) is 29.1. The van der Waals surface area contributed by atoms with Gasteiger partial charge in [0.25, 0.3) is 8.68 Å². The quantitative estimate of drug-likeness (QED) is 0.169. The van der Waals surface area contributed by atoms with Crippen molar-refractivity contribution in [2.24, 2.45) is 3.50 Å². The Bertz CT molecular complexity index is 2640. The van der Waals surface area contributed by atoms with E-state index in [2.05, 4.69) is 188 Å². The number of hydrogen-bond acceptors (Lipinski definition) is 3. The molecule has 0 saturated carbocycles. The number of benzene rings is 6. The number of aromatic nitrogens is 1. The van der Waals surface area contributed by atoms with Crippen molar-refractivity contribution in [3.63, 3.8) is 0 Å². The molecule has 0 unspecified atom stereocenters. The van der Waals surface area contributed by atoms with Crippen LogP contribution in [0.4, 0.5) is 5.69 Å². The molecular weight excluding hydrogens is 992 g/mol. The molecule has 0 radical (unpaired) electrons. The normalized spacial score (nSPS) is 11.2. The zero-order chi connectivity index (χ0) is 45.9. The number of halogens is 2. The molecule has 0 atom stereocenters. The van der Waals surface area contributed by atoms with Crippen LogP contribution in [0.1, 0.15) is 108 Å². The van der Waals surface area contributed by atoms with Crippen molar-refractivity contribution in [3.05, 3.63) is 164 Å². The van der Waals surface area contributed by atoms with E-state index < -0.39 is 26.6 Å². The summed E-state index contributed by atoms with van der Waals surface area (Å²) < 4.78 is 19.0. The third-order valence-corrected chi connectivity index (χ3v) is 13.9. The number of hydrogen-bond donors (Lipinski definition) is 1. The summed E-state index contributed by atoms with van der Waals surface area (Å²) in [4.78, 5) is 4.11. The van der Waals surface area contributed by atoms with Crippen LogP contribution in [0.25, 0.3) is 32.7 Å². The molecule has 0 bridgehead atoms. The summed E-state index contributed by atoms with van der Waals surface area (Å²) in [5.74, 6) is 1.30. The summed E-state index contributed by atoms with van der Waals surface area (Å²) in [6.45, 7) is 27.7. The molecule has 0 aliphatic carbocycles. The minimum atomic E-state index is -1.13. The van der Waals surface area contributed by atoms with Crippen molar-refractivity contribution in [3.8, 4) is 16.9 Å². The summed E-state index contributed by atoms with van der Waals surface area (Å²) in [6.07, 6.45) is 0. The van der Waals surface area contributed by atoms with E-state index in [9.17, 15) is 9.57 Å². The van der Waals surface area contributed by atoms with Crippen LogP contribution in [0, 0.1) is 13.8 Å². The molecule has 62 heavy (non-hydrogen) atoms. The van der Waals surface area contributed by atoms with Crippen molar-refractivity contribution < 1.29 is 27.5 Å². The molecule has 0 amide bonds. The average Bonchev–Trinajstić information content (AvgIpc) is 3.59. The van der Waals surface area contributed by atoms with E-state index in [0.717, 1.165) is 48.5 Å². The Morgan fingerprint density at radius 3 is 1.56 bits per heavy atom. The Balaban J connectivity index is 0.000000220. The molecular formula is C54H63Br2MoN2O2Si-. The molecule has 1 heterocycles. The molecule has 1 aromatic heterocycles. The van der Waals surface area contributed by atoms with Crippen molar-refractivity contribution in [1.29, 1.82) is 0 Å². The van der Waals surface area contributed by atoms with Crippen LogP contribution in [0.5, 0.6) is 5.75 Å². The van der Waals surface area contributed by atoms with Crippen LogP contribution in [-0.4, -0.2) is 18.2 Å². The first-order valence-corrected chi connectivity index (χ1v) is 27.2. The van der Waals surface area contributed by atoms with Gasteiger partial charge in [0, 0.05) is 10.0 Å². The van der Waals surface area contributed by atoms with Crippen LogP contribution in [0.2, 0.25) is 13.1 Å². The average molecular weight is 1060 g/mol. The molecule has 8 heteroatoms. The maximum Gasteiger partial charge on any atom is 0.270 e. The topological polar surface area (TPSA) is 63.8 Å². The maximum atomic E-state index is 11.1. The molecule has 0 saturated heterocycles. The third kappa shape index (κ3) is 13.6. The van der Waals surface area contributed by atoms with E-state index in [4.69, 9.17) is 3.50 Å². The van der Waals surface area contributed by atoms with Gasteiger partial charge in [0.05, 0.1) is 4.47 Å². The van der Waals surface area contributed by atoms with Gasteiger partial charge in [-0.2, -0.15) is 11.4 Å². The molecule has 326 valence electrons. The van der Waals surface area contributed by atoms with E-state index in [1.807, 2.05) is 50.2 Å². The first-order valence-electron chi connectivity index (χ1n) is 21.2. The Morgan fingerprint density at radius 2 is 1.11 bits per heavy atom. The van der Waals surface area contributed by atoms with Gasteiger partial charge in [0.2, 0.25) is 0 Å². The minimum absolute atomic E-state index is 0.0811. The van der Waals surface area contributed by atoms with Crippen LogP contribution in [0.3, 0.4) is 0 Å². The molecule has 7 rings (SSSR count). The third-order valence-electron chi connectivity index (χ3n) is 10.2. The van der Waals surface area contributed by atoms with Crippen molar-refractivity contribution in [1.82, 2.24) is 4.98 Å². The zero-order valence-electron chi connectivity index (χ0n) is 38.7. The van der Waals surface area contributed by atoms with Crippen LogP contribution in [-0.2, 0) is 33.2 Å². The molecule has 0 fully saturated rings. The Labute approximate surface area is 397 Å². The SMILES string of the molecule is CC(C)(C)c1c(Br)cc2ccccc2c1-c1c(O)c(Br)cc2ccccc12.CC(C)c1cccc(C(C)C)c1[N]=[Mo]=[CH]C(C)(C)c1ccccc1.C[Si](C)=O.Cc1ccc(C)[n-]1. The van der Waals surface area contributed by atoms with Gasteiger partial charge in [-0.1, -0.05) is 111 Å². The maximum absolute atomic E-state index is 11.1. The Hall–Kier alpha value is -3.74. The summed E-state index contributed by atoms with van der Waals surface area (Å²) >= 11 is 6.82. The van der Waals surface area contributed by atoms with Gasteiger partial charge in [0.15, 0.2) is 0 Å². The molecule has 6 aromatic carbocycles. The second-order valence-electron chi connectivity index (χ2n) is 18.0. The van der Waals surface area contributed by atoms with Gasteiger partial charge < -0.3 is 14.6 Å². The second-order valence-corrected chi connectivity index (χ2v) is 23.1. The predicted molar refractivity (Wildman–Crippen MR) is 272 cm³/mol. The molecule has 0 spiro atoms. The second kappa shape index (κ2) is 22.7. The summed E-state index contributed by atoms with van der Waals surface area (Å²) in [6, 6.07) is 42.2. The fourth-order valence-electron chi connectivity index (χ4n) is 7.22. The molecule has 4 nitrogen and oxygen atoms in total. The van der Waals surface area contributed by atoms with Crippen molar-refractivity contribution in [2.45, 2.75) is 112 Å². The van der Waals surface area contributed by atoms with E-state index in [1.165, 1.54) is 27.9 Å². The number of phenolic OH excluding ortho intramolecular Hbond substituents is 1. The van der Waals surface area contributed by atoms with Crippen LogP contribution >= 0.6 is 31.9 Å². The van der Waals surface area contributed by atoms with Crippen LogP contribution < -0.4 is 4.98 Å². The molecule has 0 aliphatic rings. The number of rotatable bonds is 6. The van der Waals surface area contributed by atoms with Gasteiger partial charge in [-0.05, 0) is 79.2 Å². The number of aryl methyl sites for hydroxylation is 2. The molecule has 0 aliphatic heterocycles. The van der Waals surface area contributed by atoms with Crippen molar-refractivity contribution in [2.75, 3.05) is 0 Å². The largest absolute Gasteiger partial charge is 0.665 e. The molecule has 1 N–H and O–H groups in total. The first kappa shape index (κ1) is 50.9. The summed E-state index contributed by atoms with van der Waals surface area (Å²) in [5.41, 5.74) is 10.7.